The van der Waals surface area contributed by atoms with Gasteiger partial charge in [-0.1, -0.05) is 12.1 Å². The molecule has 0 radical (unpaired) electrons. The van der Waals surface area contributed by atoms with E-state index in [-0.39, 0.29) is 0 Å². The number of hydrogen-bond donors (Lipinski definition) is 0. The molecule has 0 aliphatic carbocycles. The maximum Gasteiger partial charge on any atom is 0.0477 e. The minimum Gasteiger partial charge on any atom is -0.351 e. The van der Waals surface area contributed by atoms with Crippen LogP contribution in [0.4, 0.5) is 0 Å². The van der Waals surface area contributed by atoms with Gasteiger partial charge in [-0.25, -0.2) is 0 Å². The first kappa shape index (κ1) is 17.3. The van der Waals surface area contributed by atoms with Crippen molar-refractivity contribution in [3.05, 3.63) is 66.1 Å². The third kappa shape index (κ3) is 3.81. The molecule has 136 valence electrons. The highest BCUT2D eigenvalue weighted by Gasteiger charge is 2.23. The fourth-order valence-electron chi connectivity index (χ4n) is 4.06. The second-order valence-corrected chi connectivity index (χ2v) is 7.62. The van der Waals surface area contributed by atoms with E-state index in [0.29, 0.717) is 6.04 Å². The average molecular weight is 348 g/mol. The average Bonchev–Trinajstić information content (AvgIpc) is 3.03. The highest BCUT2D eigenvalue weighted by molar-refractivity contribution is 5.80. The van der Waals surface area contributed by atoms with Gasteiger partial charge in [0.05, 0.1) is 0 Å². The van der Waals surface area contributed by atoms with Crippen LogP contribution >= 0.6 is 0 Å². The molecule has 0 unspecified atom stereocenters. The van der Waals surface area contributed by atoms with E-state index in [1.165, 1.54) is 48.0 Å². The standard InChI is InChI=1S/C22H28N4/c1-24-11-8-21(9-12-24)26(17-19-4-3-10-23-15-19)16-18-5-6-22-20(14-18)7-13-25(22)2/h3-7,10,13-15,21H,8-9,11-12,16-17H2,1-2H3. The molecule has 4 nitrogen and oxygen atoms in total. The van der Waals surface area contributed by atoms with Crippen molar-refractivity contribution in [2.75, 3.05) is 20.1 Å². The van der Waals surface area contributed by atoms with Crippen LogP contribution in [0.15, 0.2) is 55.0 Å². The van der Waals surface area contributed by atoms with Crippen molar-refractivity contribution >= 4 is 10.9 Å². The largest absolute Gasteiger partial charge is 0.351 e. The Bertz CT molecular complexity index is 847. The quantitative estimate of drug-likeness (QED) is 0.703. The van der Waals surface area contributed by atoms with Crippen molar-refractivity contribution in [2.45, 2.75) is 32.0 Å². The zero-order chi connectivity index (χ0) is 17.9. The first-order chi connectivity index (χ1) is 12.7. The van der Waals surface area contributed by atoms with Crippen LogP contribution in [0.1, 0.15) is 24.0 Å². The minimum atomic E-state index is 0.637. The number of aryl methyl sites for hydroxylation is 1. The summed E-state index contributed by atoms with van der Waals surface area (Å²) in [4.78, 5) is 9.39. The van der Waals surface area contributed by atoms with Crippen LogP contribution in [0.2, 0.25) is 0 Å². The van der Waals surface area contributed by atoms with Crippen molar-refractivity contribution in [2.24, 2.45) is 7.05 Å². The number of pyridine rings is 1. The Morgan fingerprint density at radius 1 is 1.04 bits per heavy atom. The molecule has 0 atom stereocenters. The van der Waals surface area contributed by atoms with Gasteiger partial charge in [-0.15, -0.1) is 0 Å². The predicted molar refractivity (Wildman–Crippen MR) is 107 cm³/mol. The van der Waals surface area contributed by atoms with Gasteiger partial charge in [-0.3, -0.25) is 9.88 Å². The number of hydrogen-bond acceptors (Lipinski definition) is 3. The summed E-state index contributed by atoms with van der Waals surface area (Å²) >= 11 is 0. The van der Waals surface area contributed by atoms with E-state index in [9.17, 15) is 0 Å². The molecule has 0 N–H and O–H groups in total. The summed E-state index contributed by atoms with van der Waals surface area (Å²) in [5, 5.41) is 1.33. The van der Waals surface area contributed by atoms with Gasteiger partial charge in [0.15, 0.2) is 0 Å². The Kier molecular flexibility index (Phi) is 5.05. The summed E-state index contributed by atoms with van der Waals surface area (Å²) in [7, 11) is 4.33. The molecule has 3 heterocycles. The lowest BCUT2D eigenvalue weighted by Crippen LogP contribution is -2.43. The maximum absolute atomic E-state index is 4.31. The molecule has 1 aliphatic heterocycles. The number of nitrogens with zero attached hydrogens (tertiary/aromatic N) is 4. The smallest absolute Gasteiger partial charge is 0.0477 e. The van der Waals surface area contributed by atoms with Gasteiger partial charge in [0, 0.05) is 50.3 Å². The molecule has 0 saturated carbocycles. The van der Waals surface area contributed by atoms with Crippen molar-refractivity contribution in [1.29, 1.82) is 0 Å². The lowest BCUT2D eigenvalue weighted by Gasteiger charge is -2.37. The molecule has 4 rings (SSSR count). The predicted octanol–water partition coefficient (Wildman–Crippen LogP) is 3.67. The SMILES string of the molecule is CN1CCC(N(Cc2cccnc2)Cc2ccc3c(ccn3C)c2)CC1. The number of fused-ring (bicyclic) bond motifs is 1. The second kappa shape index (κ2) is 7.60. The first-order valence-corrected chi connectivity index (χ1v) is 9.54. The number of benzene rings is 1. The van der Waals surface area contributed by atoms with Gasteiger partial charge in [-0.2, -0.15) is 0 Å². The zero-order valence-electron chi connectivity index (χ0n) is 15.8. The van der Waals surface area contributed by atoms with E-state index in [1.807, 2.05) is 18.5 Å². The third-order valence-electron chi connectivity index (χ3n) is 5.65. The Morgan fingerprint density at radius 3 is 2.62 bits per heavy atom. The van der Waals surface area contributed by atoms with Crippen molar-refractivity contribution in [3.63, 3.8) is 0 Å². The molecule has 1 aromatic carbocycles. The molecule has 0 amide bonds. The van der Waals surface area contributed by atoms with E-state index < -0.39 is 0 Å². The lowest BCUT2D eigenvalue weighted by molar-refractivity contribution is 0.108. The normalized spacial score (nSPS) is 16.6. The van der Waals surface area contributed by atoms with Crippen molar-refractivity contribution < 1.29 is 0 Å². The van der Waals surface area contributed by atoms with Gasteiger partial charge in [-0.05, 0) is 73.8 Å². The summed E-state index contributed by atoms with van der Waals surface area (Å²) in [5.74, 6) is 0. The molecule has 1 saturated heterocycles. The van der Waals surface area contributed by atoms with E-state index in [0.717, 1.165) is 13.1 Å². The molecular formula is C22H28N4. The van der Waals surface area contributed by atoms with E-state index in [4.69, 9.17) is 0 Å². The molecule has 4 heteroatoms. The second-order valence-electron chi connectivity index (χ2n) is 7.62. The molecule has 2 aromatic heterocycles. The molecule has 1 aliphatic rings. The number of likely N-dealkylation sites (tertiary alicyclic amines) is 1. The van der Waals surface area contributed by atoms with E-state index in [2.05, 4.69) is 70.0 Å². The molecular weight excluding hydrogens is 320 g/mol. The van der Waals surface area contributed by atoms with Crippen LogP contribution < -0.4 is 0 Å². The van der Waals surface area contributed by atoms with Crippen LogP contribution in [0.3, 0.4) is 0 Å². The van der Waals surface area contributed by atoms with Crippen LogP contribution in [-0.4, -0.2) is 45.5 Å². The van der Waals surface area contributed by atoms with Gasteiger partial charge in [0.25, 0.3) is 0 Å². The Morgan fingerprint density at radius 2 is 1.85 bits per heavy atom. The van der Waals surface area contributed by atoms with E-state index >= 15 is 0 Å². The lowest BCUT2D eigenvalue weighted by atomic mass is 10.0. The Balaban J connectivity index is 1.56. The monoisotopic (exact) mass is 348 g/mol. The van der Waals surface area contributed by atoms with Gasteiger partial charge >= 0.3 is 0 Å². The summed E-state index contributed by atoms with van der Waals surface area (Å²) < 4.78 is 2.18. The van der Waals surface area contributed by atoms with Crippen LogP contribution in [0.5, 0.6) is 0 Å². The van der Waals surface area contributed by atoms with Gasteiger partial charge in [0.1, 0.15) is 0 Å². The molecule has 0 bridgehead atoms. The number of rotatable bonds is 5. The maximum atomic E-state index is 4.31. The van der Waals surface area contributed by atoms with Gasteiger partial charge < -0.3 is 9.47 Å². The molecule has 26 heavy (non-hydrogen) atoms. The minimum absolute atomic E-state index is 0.637. The highest BCUT2D eigenvalue weighted by Crippen LogP contribution is 2.23. The topological polar surface area (TPSA) is 24.3 Å². The number of aromatic nitrogens is 2. The summed E-state index contributed by atoms with van der Waals surface area (Å²) in [5.41, 5.74) is 3.99. The van der Waals surface area contributed by atoms with Crippen LogP contribution in [0.25, 0.3) is 10.9 Å². The van der Waals surface area contributed by atoms with Gasteiger partial charge in [0.2, 0.25) is 0 Å². The van der Waals surface area contributed by atoms with Crippen LogP contribution in [-0.2, 0) is 20.1 Å². The molecule has 1 fully saturated rings. The summed E-state index contributed by atoms with van der Waals surface area (Å²) in [6, 6.07) is 14.0. The Hall–Kier alpha value is -2.17. The highest BCUT2D eigenvalue weighted by atomic mass is 15.2. The summed E-state index contributed by atoms with van der Waals surface area (Å²) in [6.45, 7) is 4.33. The third-order valence-corrected chi connectivity index (χ3v) is 5.65. The number of piperidine rings is 1. The van der Waals surface area contributed by atoms with E-state index in [1.54, 1.807) is 0 Å². The van der Waals surface area contributed by atoms with Crippen molar-refractivity contribution in [1.82, 2.24) is 19.4 Å². The summed E-state index contributed by atoms with van der Waals surface area (Å²) in [6.07, 6.45) is 8.47. The zero-order valence-corrected chi connectivity index (χ0v) is 15.8. The fraction of sp³-hybridized carbons (Fsp3) is 0.409. The molecule has 0 spiro atoms. The van der Waals surface area contributed by atoms with Crippen molar-refractivity contribution in [3.8, 4) is 0 Å². The fourth-order valence-corrected chi connectivity index (χ4v) is 4.06. The Labute approximate surface area is 156 Å². The van der Waals surface area contributed by atoms with Crippen LogP contribution in [0, 0.1) is 0 Å². The molecule has 3 aromatic rings. The first-order valence-electron chi connectivity index (χ1n) is 9.54.